The van der Waals surface area contributed by atoms with E-state index in [-0.39, 0.29) is 16.7 Å². The zero-order valence-corrected chi connectivity index (χ0v) is 13.3. The van der Waals surface area contributed by atoms with E-state index in [1.165, 1.54) is 12.1 Å². The van der Waals surface area contributed by atoms with Crippen molar-refractivity contribution in [2.24, 2.45) is 0 Å². The highest BCUT2D eigenvalue weighted by Crippen LogP contribution is 2.25. The van der Waals surface area contributed by atoms with Crippen molar-refractivity contribution in [1.29, 1.82) is 0 Å². The second-order valence-electron chi connectivity index (χ2n) is 4.68. The van der Waals surface area contributed by atoms with Crippen LogP contribution in [0, 0.1) is 5.82 Å². The second kappa shape index (κ2) is 7.47. The Morgan fingerprint density at radius 2 is 1.91 bits per heavy atom. The van der Waals surface area contributed by atoms with E-state index in [1.807, 2.05) is 12.1 Å². The van der Waals surface area contributed by atoms with E-state index in [0.717, 1.165) is 11.6 Å². The number of rotatable bonds is 5. The van der Waals surface area contributed by atoms with Crippen LogP contribution >= 0.6 is 23.2 Å². The van der Waals surface area contributed by atoms with Gasteiger partial charge in [0, 0.05) is 11.6 Å². The van der Waals surface area contributed by atoms with Crippen molar-refractivity contribution in [3.63, 3.8) is 0 Å². The fraction of sp³-hybridized carbons (Fsp3) is 0.188. The van der Waals surface area contributed by atoms with Crippen molar-refractivity contribution < 1.29 is 13.9 Å². The average molecular weight is 342 g/mol. The molecule has 6 heteroatoms. The fourth-order valence-electron chi connectivity index (χ4n) is 1.75. The third kappa shape index (κ3) is 4.61. The Morgan fingerprint density at radius 3 is 2.55 bits per heavy atom. The van der Waals surface area contributed by atoms with Crippen molar-refractivity contribution in [3.8, 4) is 5.75 Å². The fourth-order valence-corrected chi connectivity index (χ4v) is 2.09. The van der Waals surface area contributed by atoms with Crippen LogP contribution in [0.5, 0.6) is 5.75 Å². The van der Waals surface area contributed by atoms with Gasteiger partial charge in [-0.25, -0.2) is 4.39 Å². The molecular weight excluding hydrogens is 328 g/mol. The summed E-state index contributed by atoms with van der Waals surface area (Å²) in [4.78, 5) is 12.0. The molecule has 0 spiro atoms. The number of amides is 1. The first-order valence-electron chi connectivity index (χ1n) is 6.59. The molecule has 22 heavy (non-hydrogen) atoms. The number of benzene rings is 2. The van der Waals surface area contributed by atoms with Gasteiger partial charge in [0.25, 0.3) is 5.91 Å². The van der Waals surface area contributed by atoms with Gasteiger partial charge < -0.3 is 10.1 Å². The SMILES string of the molecule is CC(Oc1ccc(F)cc1Cl)C(=O)NCc1ccc(Cl)cc1. The van der Waals surface area contributed by atoms with Gasteiger partial charge in [0.2, 0.25) is 0 Å². The zero-order valence-electron chi connectivity index (χ0n) is 11.8. The summed E-state index contributed by atoms with van der Waals surface area (Å²) in [5.41, 5.74) is 0.921. The minimum absolute atomic E-state index is 0.123. The van der Waals surface area contributed by atoms with Crippen molar-refractivity contribution in [2.75, 3.05) is 0 Å². The molecule has 2 aromatic carbocycles. The lowest BCUT2D eigenvalue weighted by Gasteiger charge is -2.15. The van der Waals surface area contributed by atoms with Crippen molar-refractivity contribution in [2.45, 2.75) is 19.6 Å². The summed E-state index contributed by atoms with van der Waals surface area (Å²) in [5, 5.41) is 3.50. The van der Waals surface area contributed by atoms with Gasteiger partial charge in [0.15, 0.2) is 6.10 Å². The van der Waals surface area contributed by atoms with E-state index in [0.29, 0.717) is 11.6 Å². The molecule has 0 aromatic heterocycles. The van der Waals surface area contributed by atoms with Crippen molar-refractivity contribution in [1.82, 2.24) is 5.32 Å². The molecule has 1 unspecified atom stereocenters. The molecule has 0 bridgehead atoms. The molecule has 1 amide bonds. The standard InChI is InChI=1S/C16H14Cl2FNO2/c1-10(22-15-7-6-13(19)8-14(15)18)16(21)20-9-11-2-4-12(17)5-3-11/h2-8,10H,9H2,1H3,(H,20,21). The van der Waals surface area contributed by atoms with Crippen molar-refractivity contribution in [3.05, 3.63) is 63.9 Å². The van der Waals surface area contributed by atoms with Gasteiger partial charge in [-0.2, -0.15) is 0 Å². The minimum atomic E-state index is -0.754. The molecular formula is C16H14Cl2FNO2. The molecule has 2 aromatic rings. The predicted octanol–water partition coefficient (Wildman–Crippen LogP) is 4.22. The van der Waals surface area contributed by atoms with Gasteiger partial charge in [0.05, 0.1) is 5.02 Å². The quantitative estimate of drug-likeness (QED) is 0.884. The van der Waals surface area contributed by atoms with E-state index in [4.69, 9.17) is 27.9 Å². The summed E-state index contributed by atoms with van der Waals surface area (Å²) in [6, 6.07) is 10.9. The maximum Gasteiger partial charge on any atom is 0.261 e. The molecule has 1 atom stereocenters. The number of carbonyl (C=O) groups excluding carboxylic acids is 1. The van der Waals surface area contributed by atoms with E-state index in [9.17, 15) is 9.18 Å². The number of carbonyl (C=O) groups is 1. The lowest BCUT2D eigenvalue weighted by molar-refractivity contribution is -0.127. The van der Waals surface area contributed by atoms with Crippen LogP contribution in [0.25, 0.3) is 0 Å². The molecule has 3 nitrogen and oxygen atoms in total. The first kappa shape index (κ1) is 16.6. The monoisotopic (exact) mass is 341 g/mol. The number of hydrogen-bond donors (Lipinski definition) is 1. The Morgan fingerprint density at radius 1 is 1.23 bits per heavy atom. The zero-order chi connectivity index (χ0) is 16.1. The second-order valence-corrected chi connectivity index (χ2v) is 5.52. The highest BCUT2D eigenvalue weighted by molar-refractivity contribution is 6.32. The highest BCUT2D eigenvalue weighted by atomic mass is 35.5. The third-order valence-corrected chi connectivity index (χ3v) is 3.49. The lowest BCUT2D eigenvalue weighted by atomic mass is 10.2. The molecule has 2 rings (SSSR count). The summed E-state index contributed by atoms with van der Waals surface area (Å²) < 4.78 is 18.4. The Bertz CT molecular complexity index is 662. The Balaban J connectivity index is 1.90. The number of ether oxygens (including phenoxy) is 1. The third-order valence-electron chi connectivity index (χ3n) is 2.95. The van der Waals surface area contributed by atoms with E-state index < -0.39 is 11.9 Å². The molecule has 0 aliphatic rings. The van der Waals surface area contributed by atoms with Gasteiger partial charge in [-0.05, 0) is 42.8 Å². The van der Waals surface area contributed by atoms with E-state index in [2.05, 4.69) is 5.32 Å². The normalized spacial score (nSPS) is 11.8. The van der Waals surface area contributed by atoms with Gasteiger partial charge in [-0.15, -0.1) is 0 Å². The summed E-state index contributed by atoms with van der Waals surface area (Å²) in [5.74, 6) is -0.496. The molecule has 0 aliphatic carbocycles. The first-order chi connectivity index (χ1) is 10.5. The smallest absolute Gasteiger partial charge is 0.261 e. The minimum Gasteiger partial charge on any atom is -0.479 e. The molecule has 0 saturated carbocycles. The molecule has 0 aliphatic heterocycles. The molecule has 0 fully saturated rings. The average Bonchev–Trinajstić information content (AvgIpc) is 2.49. The molecule has 116 valence electrons. The number of halogens is 3. The largest absolute Gasteiger partial charge is 0.479 e. The van der Waals surface area contributed by atoms with Crippen LogP contribution in [-0.2, 0) is 11.3 Å². The maximum absolute atomic E-state index is 13.0. The Labute approximate surface area is 138 Å². The van der Waals surface area contributed by atoms with Crippen LogP contribution in [0.4, 0.5) is 4.39 Å². The van der Waals surface area contributed by atoms with Gasteiger partial charge in [-0.1, -0.05) is 35.3 Å². The van der Waals surface area contributed by atoms with Gasteiger partial charge in [-0.3, -0.25) is 4.79 Å². The summed E-state index contributed by atoms with van der Waals surface area (Å²) in [6.07, 6.45) is -0.754. The number of nitrogens with one attached hydrogen (secondary N) is 1. The van der Waals surface area contributed by atoms with Crippen LogP contribution in [-0.4, -0.2) is 12.0 Å². The van der Waals surface area contributed by atoms with Crippen LogP contribution < -0.4 is 10.1 Å². The lowest BCUT2D eigenvalue weighted by Crippen LogP contribution is -2.35. The van der Waals surface area contributed by atoms with E-state index in [1.54, 1.807) is 19.1 Å². The predicted molar refractivity (Wildman–Crippen MR) is 84.8 cm³/mol. The Kier molecular flexibility index (Phi) is 5.63. The molecule has 0 saturated heterocycles. The van der Waals surface area contributed by atoms with E-state index >= 15 is 0 Å². The molecule has 0 radical (unpaired) electrons. The summed E-state index contributed by atoms with van der Waals surface area (Å²) in [6.45, 7) is 1.96. The topological polar surface area (TPSA) is 38.3 Å². The maximum atomic E-state index is 13.0. The van der Waals surface area contributed by atoms with Gasteiger partial charge in [0.1, 0.15) is 11.6 Å². The molecule has 1 N–H and O–H groups in total. The number of hydrogen-bond acceptors (Lipinski definition) is 2. The Hall–Kier alpha value is -1.78. The summed E-state index contributed by atoms with van der Waals surface area (Å²) in [7, 11) is 0. The van der Waals surface area contributed by atoms with Crippen LogP contribution in [0.3, 0.4) is 0 Å². The molecule has 0 heterocycles. The first-order valence-corrected chi connectivity index (χ1v) is 7.35. The highest BCUT2D eigenvalue weighted by Gasteiger charge is 2.16. The van der Waals surface area contributed by atoms with Crippen LogP contribution in [0.15, 0.2) is 42.5 Å². The van der Waals surface area contributed by atoms with Gasteiger partial charge >= 0.3 is 0 Å². The van der Waals surface area contributed by atoms with Crippen LogP contribution in [0.2, 0.25) is 10.0 Å². The van der Waals surface area contributed by atoms with Crippen molar-refractivity contribution >= 4 is 29.1 Å². The van der Waals surface area contributed by atoms with Crippen LogP contribution in [0.1, 0.15) is 12.5 Å². The summed E-state index contributed by atoms with van der Waals surface area (Å²) >= 11 is 11.7.